The molecule has 3 rings (SSSR count). The number of carbonyl (C=O) groups is 2. The molecule has 0 spiro atoms. The molecule has 0 atom stereocenters. The Labute approximate surface area is 146 Å². The van der Waals surface area contributed by atoms with Crippen LogP contribution in [0.5, 0.6) is 0 Å². The minimum atomic E-state index is -0.276. The van der Waals surface area contributed by atoms with Crippen molar-refractivity contribution >= 4 is 23.6 Å². The lowest BCUT2D eigenvalue weighted by molar-refractivity contribution is -0.111. The summed E-state index contributed by atoms with van der Waals surface area (Å²) in [5.74, 6) is -0.329. The highest BCUT2D eigenvalue weighted by Crippen LogP contribution is 2.14. The van der Waals surface area contributed by atoms with Gasteiger partial charge in [-0.3, -0.25) is 14.6 Å². The molecule has 6 heteroatoms. The maximum Gasteiger partial charge on any atom is 0.254 e. The molecule has 0 saturated carbocycles. The largest absolute Gasteiger partial charge is 0.378 e. The lowest BCUT2D eigenvalue weighted by atomic mass is 10.1. The molecule has 1 saturated heterocycles. The second kappa shape index (κ2) is 8.21. The molecular weight excluding hydrogens is 318 g/mol. The molecule has 1 aliphatic heterocycles. The first-order valence-electron chi connectivity index (χ1n) is 8.09. The van der Waals surface area contributed by atoms with E-state index < -0.39 is 0 Å². The van der Waals surface area contributed by atoms with E-state index in [0.717, 1.165) is 0 Å². The van der Waals surface area contributed by atoms with Gasteiger partial charge in [0.05, 0.1) is 18.9 Å². The van der Waals surface area contributed by atoms with Gasteiger partial charge < -0.3 is 15.0 Å². The maximum absolute atomic E-state index is 12.5. The van der Waals surface area contributed by atoms with Crippen LogP contribution in [0, 0.1) is 0 Å². The molecule has 1 aliphatic rings. The third-order valence-corrected chi connectivity index (χ3v) is 3.77. The lowest BCUT2D eigenvalue weighted by Crippen LogP contribution is -2.40. The van der Waals surface area contributed by atoms with Crippen molar-refractivity contribution in [2.24, 2.45) is 0 Å². The number of carbonyl (C=O) groups excluding carboxylic acids is 2. The monoisotopic (exact) mass is 337 g/mol. The SMILES string of the molecule is O=C(C=Cc1ccccn1)Nc1cccc(C(=O)N2CCOCC2)c1. The highest BCUT2D eigenvalue weighted by Gasteiger charge is 2.18. The molecule has 1 aromatic carbocycles. The van der Waals surface area contributed by atoms with Crippen LogP contribution in [0.15, 0.2) is 54.7 Å². The predicted octanol–water partition coefficient (Wildman–Crippen LogP) is 2.21. The number of anilines is 1. The van der Waals surface area contributed by atoms with E-state index in [4.69, 9.17) is 4.74 Å². The summed E-state index contributed by atoms with van der Waals surface area (Å²) in [4.78, 5) is 30.4. The second-order valence-corrected chi connectivity index (χ2v) is 5.56. The average molecular weight is 337 g/mol. The number of rotatable bonds is 4. The first-order chi connectivity index (χ1) is 12.2. The van der Waals surface area contributed by atoms with E-state index in [0.29, 0.717) is 43.2 Å². The molecule has 1 aromatic heterocycles. The van der Waals surface area contributed by atoms with Gasteiger partial charge in [-0.1, -0.05) is 12.1 Å². The summed E-state index contributed by atoms with van der Waals surface area (Å²) in [6, 6.07) is 12.4. The van der Waals surface area contributed by atoms with E-state index in [9.17, 15) is 9.59 Å². The molecule has 0 bridgehead atoms. The third kappa shape index (κ3) is 4.74. The first kappa shape index (κ1) is 16.9. The summed E-state index contributed by atoms with van der Waals surface area (Å²) in [5.41, 5.74) is 1.83. The van der Waals surface area contributed by atoms with Gasteiger partial charge in [-0.2, -0.15) is 0 Å². The number of hydrogen-bond acceptors (Lipinski definition) is 4. The Bertz CT molecular complexity index is 768. The standard InChI is InChI=1S/C19H19N3O3/c23-18(8-7-16-5-1-2-9-20-16)21-17-6-3-4-15(14-17)19(24)22-10-12-25-13-11-22/h1-9,14H,10-13H2,(H,21,23). The Kier molecular flexibility index (Phi) is 5.53. The van der Waals surface area contributed by atoms with Crippen molar-refractivity contribution in [1.82, 2.24) is 9.88 Å². The number of nitrogens with zero attached hydrogens (tertiary/aromatic N) is 2. The molecule has 0 aliphatic carbocycles. The average Bonchev–Trinajstić information content (AvgIpc) is 2.67. The zero-order valence-electron chi connectivity index (χ0n) is 13.7. The smallest absolute Gasteiger partial charge is 0.254 e. The predicted molar refractivity (Wildman–Crippen MR) is 95.1 cm³/mol. The zero-order chi connectivity index (χ0) is 17.5. The molecule has 2 heterocycles. The minimum absolute atomic E-state index is 0.0524. The Hall–Kier alpha value is -2.99. The van der Waals surface area contributed by atoms with Crippen LogP contribution in [0.2, 0.25) is 0 Å². The van der Waals surface area contributed by atoms with Crippen molar-refractivity contribution in [2.75, 3.05) is 31.6 Å². The van der Waals surface area contributed by atoms with Crippen molar-refractivity contribution < 1.29 is 14.3 Å². The van der Waals surface area contributed by atoms with Gasteiger partial charge in [-0.05, 0) is 36.4 Å². The van der Waals surface area contributed by atoms with Gasteiger partial charge in [0.2, 0.25) is 5.91 Å². The highest BCUT2D eigenvalue weighted by molar-refractivity contribution is 6.03. The molecule has 1 N–H and O–H groups in total. The number of benzene rings is 1. The van der Waals surface area contributed by atoms with E-state index in [1.165, 1.54) is 6.08 Å². The van der Waals surface area contributed by atoms with Crippen molar-refractivity contribution in [3.63, 3.8) is 0 Å². The van der Waals surface area contributed by atoms with Crippen molar-refractivity contribution in [3.05, 3.63) is 66.0 Å². The van der Waals surface area contributed by atoms with Crippen molar-refractivity contribution in [2.45, 2.75) is 0 Å². The fourth-order valence-electron chi connectivity index (χ4n) is 2.50. The van der Waals surface area contributed by atoms with Crippen LogP contribution >= 0.6 is 0 Å². The van der Waals surface area contributed by atoms with Gasteiger partial charge >= 0.3 is 0 Å². The molecule has 0 unspecified atom stereocenters. The van der Waals surface area contributed by atoms with E-state index in [1.807, 2.05) is 18.2 Å². The van der Waals surface area contributed by atoms with Crippen LogP contribution in [0.4, 0.5) is 5.69 Å². The molecule has 6 nitrogen and oxygen atoms in total. The number of amides is 2. The molecule has 2 amide bonds. The number of hydrogen-bond donors (Lipinski definition) is 1. The Morgan fingerprint density at radius 3 is 2.72 bits per heavy atom. The lowest BCUT2D eigenvalue weighted by Gasteiger charge is -2.27. The molecular formula is C19H19N3O3. The zero-order valence-corrected chi connectivity index (χ0v) is 13.7. The summed E-state index contributed by atoms with van der Waals surface area (Å²) in [6.07, 6.45) is 4.72. The molecule has 0 radical (unpaired) electrons. The summed E-state index contributed by atoms with van der Waals surface area (Å²) in [5, 5.41) is 2.76. The molecule has 2 aromatic rings. The number of ether oxygens (including phenoxy) is 1. The van der Waals surface area contributed by atoms with Crippen LogP contribution < -0.4 is 5.32 Å². The highest BCUT2D eigenvalue weighted by atomic mass is 16.5. The fraction of sp³-hybridized carbons (Fsp3) is 0.211. The van der Waals surface area contributed by atoms with Gasteiger partial charge in [0, 0.05) is 36.6 Å². The topological polar surface area (TPSA) is 71.5 Å². The van der Waals surface area contributed by atoms with Gasteiger partial charge in [-0.25, -0.2) is 0 Å². The Balaban J connectivity index is 1.64. The normalized spacial score (nSPS) is 14.5. The number of aromatic nitrogens is 1. The van der Waals surface area contributed by atoms with Crippen molar-refractivity contribution in [3.8, 4) is 0 Å². The van der Waals surface area contributed by atoms with Gasteiger partial charge in [0.1, 0.15) is 0 Å². The van der Waals surface area contributed by atoms with E-state index in [2.05, 4.69) is 10.3 Å². The molecule has 128 valence electrons. The van der Waals surface area contributed by atoms with Crippen LogP contribution in [-0.2, 0) is 9.53 Å². The minimum Gasteiger partial charge on any atom is -0.378 e. The maximum atomic E-state index is 12.5. The van der Waals surface area contributed by atoms with Gasteiger partial charge in [-0.15, -0.1) is 0 Å². The number of nitrogens with one attached hydrogen (secondary N) is 1. The summed E-state index contributed by atoms with van der Waals surface area (Å²) < 4.78 is 5.26. The summed E-state index contributed by atoms with van der Waals surface area (Å²) in [7, 11) is 0. The van der Waals surface area contributed by atoms with E-state index in [1.54, 1.807) is 41.4 Å². The Morgan fingerprint density at radius 2 is 1.96 bits per heavy atom. The molecule has 25 heavy (non-hydrogen) atoms. The second-order valence-electron chi connectivity index (χ2n) is 5.56. The molecule has 1 fully saturated rings. The fourth-order valence-corrected chi connectivity index (χ4v) is 2.50. The third-order valence-electron chi connectivity index (χ3n) is 3.77. The number of pyridine rings is 1. The number of morpholine rings is 1. The van der Waals surface area contributed by atoms with E-state index in [-0.39, 0.29) is 11.8 Å². The van der Waals surface area contributed by atoms with Gasteiger partial charge in [0.15, 0.2) is 0 Å². The van der Waals surface area contributed by atoms with Gasteiger partial charge in [0.25, 0.3) is 5.91 Å². The summed E-state index contributed by atoms with van der Waals surface area (Å²) >= 11 is 0. The van der Waals surface area contributed by atoms with Crippen molar-refractivity contribution in [1.29, 1.82) is 0 Å². The van der Waals surface area contributed by atoms with Crippen LogP contribution in [0.1, 0.15) is 16.1 Å². The first-order valence-corrected chi connectivity index (χ1v) is 8.09. The summed E-state index contributed by atoms with van der Waals surface area (Å²) in [6.45, 7) is 2.28. The van der Waals surface area contributed by atoms with Crippen LogP contribution in [0.25, 0.3) is 6.08 Å². The van der Waals surface area contributed by atoms with E-state index >= 15 is 0 Å². The van der Waals surface area contributed by atoms with Crippen LogP contribution in [0.3, 0.4) is 0 Å². The van der Waals surface area contributed by atoms with Crippen LogP contribution in [-0.4, -0.2) is 48.0 Å². The Morgan fingerprint density at radius 1 is 1.12 bits per heavy atom. The quantitative estimate of drug-likeness (QED) is 0.868.